The number of hydrogen-bond acceptors (Lipinski definition) is 2. The molecule has 21 heavy (non-hydrogen) atoms. The summed E-state index contributed by atoms with van der Waals surface area (Å²) in [5.41, 5.74) is 1.71. The third-order valence-corrected chi connectivity index (χ3v) is 3.67. The molecule has 108 valence electrons. The number of rotatable bonds is 4. The summed E-state index contributed by atoms with van der Waals surface area (Å²) in [6, 6.07) is 15.4. The first-order chi connectivity index (χ1) is 10.2. The number of nitrogens with zero attached hydrogens (tertiary/aromatic N) is 1. The number of aliphatic hydroxyl groups is 2. The predicted octanol–water partition coefficient (Wildman–Crippen LogP) is 2.72. The highest BCUT2D eigenvalue weighted by atomic mass is 19.1. The van der Waals surface area contributed by atoms with E-state index in [0.29, 0.717) is 0 Å². The highest BCUT2D eigenvalue weighted by molar-refractivity contribution is 5.80. The van der Waals surface area contributed by atoms with E-state index in [1.165, 1.54) is 12.1 Å². The summed E-state index contributed by atoms with van der Waals surface area (Å²) in [4.78, 5) is 0. The molecule has 0 bridgehead atoms. The molecular formula is C17H16FNO2. The van der Waals surface area contributed by atoms with E-state index >= 15 is 0 Å². The maximum absolute atomic E-state index is 13.3. The average molecular weight is 285 g/mol. The minimum Gasteiger partial charge on any atom is -0.394 e. The van der Waals surface area contributed by atoms with Gasteiger partial charge in [0.25, 0.3) is 0 Å². The Morgan fingerprint density at radius 3 is 2.52 bits per heavy atom. The number of fused-ring (bicyclic) bond motifs is 1. The van der Waals surface area contributed by atoms with Crippen LogP contribution in [0.4, 0.5) is 4.39 Å². The van der Waals surface area contributed by atoms with Gasteiger partial charge in [0.2, 0.25) is 0 Å². The second-order valence-corrected chi connectivity index (χ2v) is 5.03. The van der Waals surface area contributed by atoms with Crippen LogP contribution in [-0.4, -0.2) is 27.5 Å². The molecule has 0 saturated carbocycles. The van der Waals surface area contributed by atoms with E-state index < -0.39 is 12.1 Å². The third kappa shape index (κ3) is 2.55. The Morgan fingerprint density at radius 1 is 1.05 bits per heavy atom. The quantitative estimate of drug-likeness (QED) is 0.774. The molecule has 3 nitrogen and oxygen atoms in total. The van der Waals surface area contributed by atoms with Crippen LogP contribution in [0.3, 0.4) is 0 Å². The first kappa shape index (κ1) is 13.8. The Labute approximate surface area is 121 Å². The van der Waals surface area contributed by atoms with Crippen molar-refractivity contribution in [2.75, 3.05) is 6.61 Å². The number of halogens is 1. The van der Waals surface area contributed by atoms with Crippen LogP contribution in [0.25, 0.3) is 10.9 Å². The Kier molecular flexibility index (Phi) is 3.73. The molecule has 1 heterocycles. The van der Waals surface area contributed by atoms with Crippen molar-refractivity contribution >= 4 is 10.9 Å². The largest absolute Gasteiger partial charge is 0.394 e. The van der Waals surface area contributed by atoms with E-state index in [1.807, 2.05) is 34.9 Å². The molecule has 0 aliphatic heterocycles. The van der Waals surface area contributed by atoms with Gasteiger partial charge in [0, 0.05) is 17.1 Å². The van der Waals surface area contributed by atoms with Crippen molar-refractivity contribution in [3.8, 4) is 0 Å². The van der Waals surface area contributed by atoms with E-state index in [1.54, 1.807) is 18.3 Å². The van der Waals surface area contributed by atoms with Crippen LogP contribution in [-0.2, 0) is 0 Å². The van der Waals surface area contributed by atoms with Gasteiger partial charge >= 0.3 is 0 Å². The molecule has 0 fully saturated rings. The summed E-state index contributed by atoms with van der Waals surface area (Å²) in [6.07, 6.45) is 0.869. The van der Waals surface area contributed by atoms with Gasteiger partial charge in [-0.2, -0.15) is 0 Å². The van der Waals surface area contributed by atoms with Gasteiger partial charge in [0.05, 0.1) is 12.6 Å². The lowest BCUT2D eigenvalue weighted by atomic mass is 10.0. The van der Waals surface area contributed by atoms with E-state index in [4.69, 9.17) is 0 Å². The van der Waals surface area contributed by atoms with Gasteiger partial charge in [-0.05, 0) is 29.8 Å². The summed E-state index contributed by atoms with van der Waals surface area (Å²) < 4.78 is 15.2. The van der Waals surface area contributed by atoms with Crippen molar-refractivity contribution in [3.05, 3.63) is 72.2 Å². The van der Waals surface area contributed by atoms with Gasteiger partial charge in [-0.1, -0.05) is 30.3 Å². The molecule has 0 saturated heterocycles. The van der Waals surface area contributed by atoms with E-state index in [0.717, 1.165) is 16.5 Å². The molecule has 2 aromatic carbocycles. The molecule has 2 atom stereocenters. The Bertz CT molecular complexity index is 739. The fourth-order valence-corrected chi connectivity index (χ4v) is 2.70. The number of hydrogen-bond donors (Lipinski definition) is 2. The molecule has 4 heteroatoms. The van der Waals surface area contributed by atoms with Crippen molar-refractivity contribution < 1.29 is 14.6 Å². The average Bonchev–Trinajstić information content (AvgIpc) is 2.91. The van der Waals surface area contributed by atoms with Crippen LogP contribution in [0.1, 0.15) is 11.6 Å². The zero-order valence-electron chi connectivity index (χ0n) is 11.4. The van der Waals surface area contributed by atoms with Crippen molar-refractivity contribution in [1.82, 2.24) is 4.57 Å². The Hall–Kier alpha value is -2.17. The van der Waals surface area contributed by atoms with Gasteiger partial charge < -0.3 is 14.8 Å². The molecule has 0 radical (unpaired) electrons. The lowest BCUT2D eigenvalue weighted by Crippen LogP contribution is -2.27. The van der Waals surface area contributed by atoms with E-state index in [9.17, 15) is 14.6 Å². The number of benzene rings is 2. The summed E-state index contributed by atoms with van der Waals surface area (Å²) in [5, 5.41) is 20.3. The van der Waals surface area contributed by atoms with E-state index in [2.05, 4.69) is 0 Å². The molecule has 3 rings (SSSR count). The fourth-order valence-electron chi connectivity index (χ4n) is 2.70. The van der Waals surface area contributed by atoms with Crippen LogP contribution < -0.4 is 0 Å². The van der Waals surface area contributed by atoms with Gasteiger partial charge in [0.1, 0.15) is 11.9 Å². The Balaban J connectivity index is 2.15. The zero-order valence-corrected chi connectivity index (χ0v) is 11.4. The van der Waals surface area contributed by atoms with Gasteiger partial charge in [0.15, 0.2) is 0 Å². The second-order valence-electron chi connectivity index (χ2n) is 5.03. The first-order valence-corrected chi connectivity index (χ1v) is 6.80. The Morgan fingerprint density at radius 2 is 1.81 bits per heavy atom. The van der Waals surface area contributed by atoms with Crippen molar-refractivity contribution in [2.24, 2.45) is 0 Å². The van der Waals surface area contributed by atoms with Gasteiger partial charge in [-0.25, -0.2) is 4.39 Å². The highest BCUT2D eigenvalue weighted by Gasteiger charge is 2.23. The van der Waals surface area contributed by atoms with Crippen LogP contribution in [0.15, 0.2) is 60.8 Å². The molecule has 2 N–H and O–H groups in total. The molecule has 0 aliphatic carbocycles. The maximum Gasteiger partial charge on any atom is 0.123 e. The summed E-state index contributed by atoms with van der Waals surface area (Å²) in [7, 11) is 0. The summed E-state index contributed by atoms with van der Waals surface area (Å²) >= 11 is 0. The molecule has 0 aliphatic rings. The maximum atomic E-state index is 13.3. The molecule has 3 aromatic rings. The van der Waals surface area contributed by atoms with Crippen LogP contribution in [0, 0.1) is 5.82 Å². The van der Waals surface area contributed by atoms with Crippen molar-refractivity contribution in [1.29, 1.82) is 0 Å². The molecule has 0 amide bonds. The minimum absolute atomic E-state index is 0.292. The SMILES string of the molecule is OCC(O)C(c1ccccc1)n1ccc2cc(F)ccc21. The number of aliphatic hydroxyl groups excluding tert-OH is 2. The van der Waals surface area contributed by atoms with Crippen LogP contribution >= 0.6 is 0 Å². The smallest absolute Gasteiger partial charge is 0.123 e. The standard InChI is InChI=1S/C17H16FNO2/c18-14-6-7-15-13(10-14)8-9-19(15)17(16(21)11-20)12-4-2-1-3-5-12/h1-10,16-17,20-21H,11H2. The van der Waals surface area contributed by atoms with Gasteiger partial charge in [-0.15, -0.1) is 0 Å². The summed E-state index contributed by atoms with van der Waals surface area (Å²) in [5.74, 6) is -0.292. The second kappa shape index (κ2) is 5.68. The monoisotopic (exact) mass is 285 g/mol. The molecule has 1 aromatic heterocycles. The lowest BCUT2D eigenvalue weighted by molar-refractivity contribution is 0.0654. The molecule has 0 spiro atoms. The molecule has 2 unspecified atom stereocenters. The third-order valence-electron chi connectivity index (χ3n) is 3.67. The van der Waals surface area contributed by atoms with E-state index in [-0.39, 0.29) is 12.4 Å². The van der Waals surface area contributed by atoms with Crippen molar-refractivity contribution in [3.63, 3.8) is 0 Å². The lowest BCUT2D eigenvalue weighted by Gasteiger charge is -2.24. The fraction of sp³-hybridized carbons (Fsp3) is 0.176. The normalized spacial score (nSPS) is 14.2. The minimum atomic E-state index is -0.937. The summed E-state index contributed by atoms with van der Waals surface area (Å²) in [6.45, 7) is -0.347. The zero-order chi connectivity index (χ0) is 14.8. The van der Waals surface area contributed by atoms with Crippen molar-refractivity contribution in [2.45, 2.75) is 12.1 Å². The van der Waals surface area contributed by atoms with Crippen LogP contribution in [0.5, 0.6) is 0 Å². The number of aromatic nitrogens is 1. The van der Waals surface area contributed by atoms with Gasteiger partial charge in [-0.3, -0.25) is 0 Å². The topological polar surface area (TPSA) is 45.4 Å². The predicted molar refractivity (Wildman–Crippen MR) is 79.6 cm³/mol. The van der Waals surface area contributed by atoms with Crippen LogP contribution in [0.2, 0.25) is 0 Å². The highest BCUT2D eigenvalue weighted by Crippen LogP contribution is 2.28. The molecular weight excluding hydrogens is 269 g/mol. The first-order valence-electron chi connectivity index (χ1n) is 6.80.